The van der Waals surface area contributed by atoms with Crippen LogP contribution in [-0.4, -0.2) is 4.98 Å². The van der Waals surface area contributed by atoms with E-state index in [1.54, 1.807) is 12.3 Å². The zero-order valence-electron chi connectivity index (χ0n) is 18.5. The molecule has 0 saturated carbocycles. The number of aryl methyl sites for hydroxylation is 1. The van der Waals surface area contributed by atoms with Crippen molar-refractivity contribution >= 4 is 34.7 Å². The molecule has 0 N–H and O–H groups in total. The Morgan fingerprint density at radius 1 is 0.735 bits per heavy atom. The van der Waals surface area contributed by atoms with Gasteiger partial charge in [-0.15, -0.1) is 11.6 Å². The molecule has 1 heterocycles. The van der Waals surface area contributed by atoms with Gasteiger partial charge in [-0.3, -0.25) is 10.9 Å². The Balaban J connectivity index is 0.000000193. The number of pyridine rings is 1. The smallest absolute Gasteiger partial charge is 0.366 e. The molecule has 170 valence electrons. The van der Waals surface area contributed by atoms with Gasteiger partial charge in [-0.2, -0.15) is 0 Å². The number of benzene rings is 4. The molecule has 0 amide bonds. The Morgan fingerprint density at radius 3 is 1.65 bits per heavy atom. The molecule has 5 rings (SSSR count). The van der Waals surface area contributed by atoms with E-state index >= 15 is 0 Å². The summed E-state index contributed by atoms with van der Waals surface area (Å²) in [5, 5.41) is 4.64. The van der Waals surface area contributed by atoms with E-state index in [1.165, 1.54) is 28.0 Å². The molecule has 4 heteroatoms. The first kappa shape index (κ1) is 25.6. The molecule has 34 heavy (non-hydrogen) atoms. The average molecular weight is 643 g/mol. The second-order valence-electron chi connectivity index (χ2n) is 7.47. The Bertz CT molecular complexity index is 1290. The predicted octanol–water partition coefficient (Wildman–Crippen LogP) is 6.06. The second kappa shape index (κ2) is 12.4. The largest absolute Gasteiger partial charge is 1.00 e. The first-order valence-electron chi connectivity index (χ1n) is 10.6. The van der Waals surface area contributed by atoms with Crippen molar-refractivity contribution in [3.8, 4) is 5.92 Å². The molecular formula is C30H22AuFNP. The summed E-state index contributed by atoms with van der Waals surface area (Å²) in [5.74, 6) is 1.93. The van der Waals surface area contributed by atoms with Gasteiger partial charge in [0.05, 0.1) is 0 Å². The van der Waals surface area contributed by atoms with Crippen LogP contribution in [0.3, 0.4) is 0 Å². The Kier molecular flexibility index (Phi) is 9.34. The van der Waals surface area contributed by atoms with Crippen LogP contribution in [0.4, 0.5) is 4.39 Å². The molecule has 1 aromatic heterocycles. The van der Waals surface area contributed by atoms with Crippen molar-refractivity contribution in [1.82, 2.24) is 4.98 Å². The standard InChI is InChI=1S/C18H15P.C12H7FN.Au/c1-4-10-16(11-5-1)19(17-12-6-2-7-13-17)18-14-8-3-9-15-18;1-3-9-4-5-11(13)10-6-8(2)7-14-12(9)10;/h1-15H;4-7H,2H3;/q;-1;+1. The summed E-state index contributed by atoms with van der Waals surface area (Å²) in [7, 11) is -0.446. The summed E-state index contributed by atoms with van der Waals surface area (Å²) in [6.07, 6.45) is 8.69. The summed E-state index contributed by atoms with van der Waals surface area (Å²) in [6.45, 7) is 1.85. The zero-order valence-corrected chi connectivity index (χ0v) is 21.6. The van der Waals surface area contributed by atoms with Gasteiger partial charge in [0.1, 0.15) is 5.82 Å². The third-order valence-corrected chi connectivity index (χ3v) is 7.55. The van der Waals surface area contributed by atoms with Crippen LogP contribution in [0.25, 0.3) is 10.9 Å². The van der Waals surface area contributed by atoms with Crippen LogP contribution in [0.2, 0.25) is 0 Å². The molecule has 0 fully saturated rings. The topological polar surface area (TPSA) is 12.9 Å². The second-order valence-corrected chi connectivity index (χ2v) is 9.69. The van der Waals surface area contributed by atoms with Crippen LogP contribution in [0.5, 0.6) is 0 Å². The summed E-state index contributed by atoms with van der Waals surface area (Å²) >= 11 is 0. The van der Waals surface area contributed by atoms with E-state index in [9.17, 15) is 4.39 Å². The van der Waals surface area contributed by atoms with Crippen LogP contribution in [0.15, 0.2) is 115 Å². The monoisotopic (exact) mass is 643 g/mol. The summed E-state index contributed by atoms with van der Waals surface area (Å²) < 4.78 is 13.4. The molecule has 4 aromatic carbocycles. The minimum absolute atomic E-state index is 0. The number of hydrogen-bond donors (Lipinski definition) is 0. The fraction of sp³-hybridized carbons (Fsp3) is 0.0333. The minimum Gasteiger partial charge on any atom is -0.366 e. The Hall–Kier alpha value is -3.05. The van der Waals surface area contributed by atoms with E-state index in [1.807, 2.05) is 6.92 Å². The normalized spacial score (nSPS) is 10.1. The van der Waals surface area contributed by atoms with E-state index in [-0.39, 0.29) is 28.2 Å². The van der Waals surface area contributed by atoms with Crippen LogP contribution >= 0.6 is 7.92 Å². The molecule has 0 radical (unpaired) electrons. The molecule has 0 aliphatic carbocycles. The average Bonchev–Trinajstić information content (AvgIpc) is 2.87. The number of fused-ring (bicyclic) bond motifs is 1. The first-order valence-corrected chi connectivity index (χ1v) is 11.9. The van der Waals surface area contributed by atoms with Gasteiger partial charge in [0.25, 0.3) is 0 Å². The molecule has 1 nitrogen and oxygen atoms in total. The van der Waals surface area contributed by atoms with Gasteiger partial charge in [-0.1, -0.05) is 91.0 Å². The molecular weight excluding hydrogens is 621 g/mol. The third kappa shape index (κ3) is 6.09. The van der Waals surface area contributed by atoms with E-state index in [0.717, 1.165) is 5.56 Å². The maximum atomic E-state index is 13.4. The van der Waals surface area contributed by atoms with Gasteiger partial charge in [-0.25, -0.2) is 4.39 Å². The number of halogens is 1. The van der Waals surface area contributed by atoms with Gasteiger partial charge >= 0.3 is 22.4 Å². The zero-order chi connectivity index (χ0) is 23.0. The van der Waals surface area contributed by atoms with E-state index in [4.69, 9.17) is 6.42 Å². The molecule has 0 atom stereocenters. The van der Waals surface area contributed by atoms with E-state index in [2.05, 4.69) is 102 Å². The van der Waals surface area contributed by atoms with Crippen molar-refractivity contribution in [2.75, 3.05) is 0 Å². The number of hydrogen-bond acceptors (Lipinski definition) is 1. The van der Waals surface area contributed by atoms with E-state index in [0.29, 0.717) is 16.5 Å². The van der Waals surface area contributed by atoms with Crippen LogP contribution in [-0.2, 0) is 22.4 Å². The van der Waals surface area contributed by atoms with E-state index < -0.39 is 7.92 Å². The van der Waals surface area contributed by atoms with Crippen LogP contribution < -0.4 is 15.9 Å². The van der Waals surface area contributed by atoms with Crippen molar-refractivity contribution in [2.24, 2.45) is 0 Å². The van der Waals surface area contributed by atoms with Crippen molar-refractivity contribution in [1.29, 1.82) is 0 Å². The summed E-state index contributed by atoms with van der Waals surface area (Å²) in [6, 6.07) is 36.9. The molecule has 0 saturated heterocycles. The molecule has 0 aliphatic rings. The quantitative estimate of drug-likeness (QED) is 0.101. The van der Waals surface area contributed by atoms with Crippen LogP contribution in [0.1, 0.15) is 11.1 Å². The van der Waals surface area contributed by atoms with Gasteiger partial charge in [-0.05, 0) is 48.5 Å². The third-order valence-electron chi connectivity index (χ3n) is 5.11. The van der Waals surface area contributed by atoms with Crippen LogP contribution in [0, 0.1) is 25.1 Å². The minimum atomic E-state index is -0.446. The van der Waals surface area contributed by atoms with Crippen molar-refractivity contribution < 1.29 is 26.8 Å². The predicted molar refractivity (Wildman–Crippen MR) is 138 cm³/mol. The SMILES string of the molecule is [Au+].[C-]#Cc1ccc(F)c2cc(C)cnc12.c1ccc(P(c2ccccc2)c2ccccc2)cc1. The van der Waals surface area contributed by atoms with Crippen molar-refractivity contribution in [2.45, 2.75) is 6.92 Å². The van der Waals surface area contributed by atoms with Crippen molar-refractivity contribution in [3.63, 3.8) is 0 Å². The fourth-order valence-electron chi connectivity index (χ4n) is 3.57. The number of rotatable bonds is 3. The first-order chi connectivity index (χ1) is 16.2. The Morgan fingerprint density at radius 2 is 1.21 bits per heavy atom. The van der Waals surface area contributed by atoms with Gasteiger partial charge in [0, 0.05) is 17.1 Å². The van der Waals surface area contributed by atoms with Gasteiger partial charge in [0.15, 0.2) is 0 Å². The number of aromatic nitrogens is 1. The molecule has 0 bridgehead atoms. The molecule has 0 aliphatic heterocycles. The fourth-order valence-corrected chi connectivity index (χ4v) is 5.88. The Labute approximate surface area is 217 Å². The van der Waals surface area contributed by atoms with Gasteiger partial charge in [0.2, 0.25) is 0 Å². The van der Waals surface area contributed by atoms with Crippen molar-refractivity contribution in [3.05, 3.63) is 139 Å². The summed E-state index contributed by atoms with van der Waals surface area (Å²) in [4.78, 5) is 4.09. The number of nitrogens with zero attached hydrogens (tertiary/aromatic N) is 1. The molecule has 0 spiro atoms. The molecule has 0 unspecified atom stereocenters. The summed E-state index contributed by atoms with van der Waals surface area (Å²) in [5.41, 5.74) is 1.91. The maximum absolute atomic E-state index is 13.4. The molecule has 5 aromatic rings. The maximum Gasteiger partial charge on any atom is 1.00 e. The van der Waals surface area contributed by atoms with Gasteiger partial charge < -0.3 is 6.42 Å².